The lowest BCUT2D eigenvalue weighted by molar-refractivity contribution is -0.139. The summed E-state index contributed by atoms with van der Waals surface area (Å²) < 4.78 is 11.2. The lowest BCUT2D eigenvalue weighted by Gasteiger charge is -2.34. The lowest BCUT2D eigenvalue weighted by atomic mass is 9.90. The van der Waals surface area contributed by atoms with Crippen LogP contribution < -0.4 is 4.74 Å². The molecule has 6 nitrogen and oxygen atoms in total. The van der Waals surface area contributed by atoms with Gasteiger partial charge >= 0.3 is 5.97 Å². The highest BCUT2D eigenvalue weighted by Gasteiger charge is 2.29. The number of aliphatic carboxylic acids is 1. The highest BCUT2D eigenvalue weighted by Crippen LogP contribution is 2.25. The first-order valence-electron chi connectivity index (χ1n) is 9.47. The maximum Gasteiger partial charge on any atom is 0.305 e. The van der Waals surface area contributed by atoms with Gasteiger partial charge in [0, 0.05) is 12.1 Å². The number of benzene rings is 1. The van der Waals surface area contributed by atoms with Crippen LogP contribution in [0, 0.1) is 5.92 Å². The molecule has 2 fully saturated rings. The number of nitrogens with zero attached hydrogens (tertiary/aromatic N) is 1. The van der Waals surface area contributed by atoms with Gasteiger partial charge in [-0.25, -0.2) is 0 Å². The molecule has 1 unspecified atom stereocenters. The summed E-state index contributed by atoms with van der Waals surface area (Å²) in [5.41, 5.74) is 0.548. The molecule has 1 aliphatic heterocycles. The third-order valence-electron chi connectivity index (χ3n) is 5.21. The molecule has 1 saturated heterocycles. The molecule has 0 radical (unpaired) electrons. The number of carbonyl (C=O) groups excluding carboxylic acids is 1. The van der Waals surface area contributed by atoms with Gasteiger partial charge in [0.1, 0.15) is 5.75 Å². The number of rotatable bonds is 6. The molecule has 1 atom stereocenters. The fourth-order valence-electron chi connectivity index (χ4n) is 3.72. The summed E-state index contributed by atoms with van der Waals surface area (Å²) in [5.74, 6) is 0.328. The minimum absolute atomic E-state index is 0.103. The second kappa shape index (κ2) is 9.03. The molecule has 1 heterocycles. The van der Waals surface area contributed by atoms with Gasteiger partial charge in [0.25, 0.3) is 5.91 Å². The predicted molar refractivity (Wildman–Crippen MR) is 96.4 cm³/mol. The summed E-state index contributed by atoms with van der Waals surface area (Å²) in [5, 5.41) is 9.03. The molecule has 1 aromatic carbocycles. The second-order valence-electron chi connectivity index (χ2n) is 7.16. The van der Waals surface area contributed by atoms with E-state index in [9.17, 15) is 9.59 Å². The maximum atomic E-state index is 12.7. The van der Waals surface area contributed by atoms with Crippen LogP contribution in [0.25, 0.3) is 0 Å². The first kappa shape index (κ1) is 18.7. The van der Waals surface area contributed by atoms with Crippen LogP contribution in [0.2, 0.25) is 0 Å². The third kappa shape index (κ3) is 4.97. The van der Waals surface area contributed by atoms with Gasteiger partial charge in [-0.1, -0.05) is 19.3 Å². The van der Waals surface area contributed by atoms with Crippen LogP contribution in [0.15, 0.2) is 24.3 Å². The van der Waals surface area contributed by atoms with Crippen molar-refractivity contribution in [1.29, 1.82) is 0 Å². The Bertz CT molecular complexity index is 609. The quantitative estimate of drug-likeness (QED) is 0.843. The van der Waals surface area contributed by atoms with Crippen molar-refractivity contribution in [2.75, 3.05) is 26.4 Å². The van der Waals surface area contributed by atoms with Crippen molar-refractivity contribution < 1.29 is 24.2 Å². The number of hydrogen-bond acceptors (Lipinski definition) is 4. The fourth-order valence-corrected chi connectivity index (χ4v) is 3.72. The zero-order chi connectivity index (χ0) is 18.4. The highest BCUT2D eigenvalue weighted by atomic mass is 16.5. The Labute approximate surface area is 154 Å². The first-order valence-corrected chi connectivity index (χ1v) is 9.47. The Hall–Kier alpha value is -2.08. The molecule has 2 aliphatic rings. The van der Waals surface area contributed by atoms with Crippen molar-refractivity contribution in [3.8, 4) is 5.75 Å². The first-order chi connectivity index (χ1) is 12.6. The average molecular weight is 361 g/mol. The van der Waals surface area contributed by atoms with E-state index < -0.39 is 12.0 Å². The van der Waals surface area contributed by atoms with Gasteiger partial charge in [-0.05, 0) is 43.0 Å². The van der Waals surface area contributed by atoms with Crippen molar-refractivity contribution in [1.82, 2.24) is 4.90 Å². The molecule has 1 aliphatic carbocycles. The maximum absolute atomic E-state index is 12.7. The van der Waals surface area contributed by atoms with Gasteiger partial charge in [-0.15, -0.1) is 0 Å². The molecule has 26 heavy (non-hydrogen) atoms. The number of morpholine rings is 1. The molecule has 0 aromatic heterocycles. The lowest BCUT2D eigenvalue weighted by Crippen LogP contribution is -2.49. The minimum atomic E-state index is -0.926. The molecule has 3 rings (SSSR count). The number of carbonyl (C=O) groups is 2. The van der Waals surface area contributed by atoms with Crippen LogP contribution in [-0.4, -0.2) is 54.3 Å². The van der Waals surface area contributed by atoms with Gasteiger partial charge in [0.15, 0.2) is 0 Å². The predicted octanol–water partition coefficient (Wildman–Crippen LogP) is 2.96. The van der Waals surface area contributed by atoms with Crippen LogP contribution in [-0.2, 0) is 9.53 Å². The molecular formula is C20H27NO5. The molecule has 1 saturated carbocycles. The van der Waals surface area contributed by atoms with Gasteiger partial charge < -0.3 is 19.5 Å². The van der Waals surface area contributed by atoms with Crippen molar-refractivity contribution in [2.45, 2.75) is 44.6 Å². The summed E-state index contributed by atoms with van der Waals surface area (Å²) in [7, 11) is 0. The van der Waals surface area contributed by atoms with Gasteiger partial charge in [-0.2, -0.15) is 0 Å². The summed E-state index contributed by atoms with van der Waals surface area (Å²) in [4.78, 5) is 25.4. The topological polar surface area (TPSA) is 76.1 Å². The highest BCUT2D eigenvalue weighted by molar-refractivity contribution is 5.94. The molecular weight excluding hydrogens is 334 g/mol. The zero-order valence-corrected chi connectivity index (χ0v) is 15.1. The van der Waals surface area contributed by atoms with Crippen LogP contribution in [0.5, 0.6) is 5.75 Å². The van der Waals surface area contributed by atoms with E-state index in [0.29, 0.717) is 24.6 Å². The van der Waals surface area contributed by atoms with E-state index in [1.165, 1.54) is 32.1 Å². The van der Waals surface area contributed by atoms with Gasteiger partial charge in [0.2, 0.25) is 0 Å². The average Bonchev–Trinajstić information content (AvgIpc) is 2.67. The number of ether oxygens (including phenoxy) is 2. The Kier molecular flexibility index (Phi) is 6.50. The number of carboxylic acid groups (broad SMARTS) is 1. The molecule has 1 N–H and O–H groups in total. The van der Waals surface area contributed by atoms with E-state index >= 15 is 0 Å². The van der Waals surface area contributed by atoms with Crippen LogP contribution in [0.3, 0.4) is 0 Å². The number of carboxylic acids is 1. The monoisotopic (exact) mass is 361 g/mol. The van der Waals surface area contributed by atoms with E-state index in [1.54, 1.807) is 17.0 Å². The summed E-state index contributed by atoms with van der Waals surface area (Å²) in [6, 6.07) is 6.74. The van der Waals surface area contributed by atoms with E-state index in [1.807, 2.05) is 12.1 Å². The van der Waals surface area contributed by atoms with E-state index in [2.05, 4.69) is 0 Å². The second-order valence-corrected chi connectivity index (χ2v) is 7.16. The normalized spacial score (nSPS) is 21.4. The SMILES string of the molecule is O=C(O)CC1COCCN1C(=O)c1ccc(OCC2CCCCC2)cc1. The van der Waals surface area contributed by atoms with E-state index in [-0.39, 0.29) is 18.9 Å². The molecule has 0 bridgehead atoms. The Morgan fingerprint density at radius 3 is 2.58 bits per heavy atom. The van der Waals surface area contributed by atoms with Crippen molar-refractivity contribution in [3.63, 3.8) is 0 Å². The molecule has 142 valence electrons. The summed E-state index contributed by atoms with van der Waals surface area (Å²) in [6.07, 6.45) is 6.28. The standard InChI is InChI=1S/C20H27NO5/c22-19(23)12-17-14-25-11-10-21(17)20(24)16-6-8-18(9-7-16)26-13-15-4-2-1-3-5-15/h6-9,15,17H,1-5,10-14H2,(H,22,23). The molecule has 1 amide bonds. The van der Waals surface area contributed by atoms with Gasteiger partial charge in [-0.3, -0.25) is 9.59 Å². The van der Waals surface area contributed by atoms with E-state index in [4.69, 9.17) is 14.6 Å². The largest absolute Gasteiger partial charge is 0.493 e. The fraction of sp³-hybridized carbons (Fsp3) is 0.600. The van der Waals surface area contributed by atoms with Crippen LogP contribution in [0.4, 0.5) is 0 Å². The number of hydrogen-bond donors (Lipinski definition) is 1. The van der Waals surface area contributed by atoms with Crippen LogP contribution >= 0.6 is 0 Å². The molecule has 0 spiro atoms. The smallest absolute Gasteiger partial charge is 0.305 e. The Balaban J connectivity index is 1.57. The Morgan fingerprint density at radius 1 is 1.15 bits per heavy atom. The van der Waals surface area contributed by atoms with Crippen LogP contribution in [0.1, 0.15) is 48.9 Å². The Morgan fingerprint density at radius 2 is 1.88 bits per heavy atom. The third-order valence-corrected chi connectivity index (χ3v) is 5.21. The summed E-state index contributed by atoms with van der Waals surface area (Å²) in [6.45, 7) is 1.85. The zero-order valence-electron chi connectivity index (χ0n) is 15.1. The van der Waals surface area contributed by atoms with Crippen molar-refractivity contribution in [2.24, 2.45) is 5.92 Å². The minimum Gasteiger partial charge on any atom is -0.493 e. The molecule has 6 heteroatoms. The van der Waals surface area contributed by atoms with Crippen molar-refractivity contribution >= 4 is 11.9 Å². The van der Waals surface area contributed by atoms with Gasteiger partial charge in [0.05, 0.1) is 32.3 Å². The van der Waals surface area contributed by atoms with Crippen molar-refractivity contribution in [3.05, 3.63) is 29.8 Å². The summed E-state index contributed by atoms with van der Waals surface area (Å²) >= 11 is 0. The van der Waals surface area contributed by atoms with E-state index in [0.717, 1.165) is 12.4 Å². The molecule has 1 aromatic rings. The number of amides is 1.